The molecule has 51 heavy (non-hydrogen) atoms. The van der Waals surface area contributed by atoms with Crippen LogP contribution >= 0.6 is 0 Å². The normalized spacial score (nSPS) is 17.9. The number of carboxylic acid groups (broad SMARTS) is 1. The maximum atomic E-state index is 14.6. The van der Waals surface area contributed by atoms with Crippen molar-refractivity contribution in [3.63, 3.8) is 0 Å². The van der Waals surface area contributed by atoms with Crippen LogP contribution in [0.1, 0.15) is 120 Å². The van der Waals surface area contributed by atoms with Gasteiger partial charge < -0.3 is 18.8 Å². The van der Waals surface area contributed by atoms with Crippen molar-refractivity contribution < 1.29 is 51.0 Å². The highest BCUT2D eigenvalue weighted by Gasteiger charge is 2.57. The number of ketones is 3. The molecule has 0 amide bonds. The summed E-state index contributed by atoms with van der Waals surface area (Å²) in [5, 5.41) is 9.15. The molecule has 0 aliphatic carbocycles. The topological polar surface area (TPSA) is 152 Å². The van der Waals surface area contributed by atoms with Crippen LogP contribution in [0.2, 0.25) is 0 Å². The number of hydrogen-bond donors (Lipinski definition) is 2. The van der Waals surface area contributed by atoms with E-state index >= 15 is 0 Å². The first-order valence-electron chi connectivity index (χ1n) is 18.8. The first-order chi connectivity index (χ1) is 22.9. The van der Waals surface area contributed by atoms with Crippen molar-refractivity contribution in [2.75, 3.05) is 73.8 Å². The van der Waals surface area contributed by atoms with Crippen LogP contribution in [0.5, 0.6) is 0 Å². The number of Topliss-reactive ketones (excluding diaryl/α,β-unsaturated/α-hetero) is 3. The first-order valence-corrected chi connectivity index (χ1v) is 20.4. The fourth-order valence-electron chi connectivity index (χ4n) is 8.06. The summed E-state index contributed by atoms with van der Waals surface area (Å²) in [7, 11) is 5.20. The van der Waals surface area contributed by atoms with Crippen LogP contribution in [0.15, 0.2) is 0 Å². The van der Waals surface area contributed by atoms with E-state index in [2.05, 4.69) is 20.8 Å². The molecule has 0 aliphatic heterocycles. The summed E-state index contributed by atoms with van der Waals surface area (Å²) in [5.74, 6) is -1.87. The van der Waals surface area contributed by atoms with Gasteiger partial charge in [0.05, 0.1) is 60.8 Å². The van der Waals surface area contributed by atoms with Crippen molar-refractivity contribution in [3.8, 4) is 0 Å². The van der Waals surface area contributed by atoms with Gasteiger partial charge >= 0.3 is 5.97 Å². The average molecular weight is 749 g/mol. The molecule has 0 bridgehead atoms. The van der Waals surface area contributed by atoms with E-state index in [-0.39, 0.29) is 54.3 Å². The highest BCUT2D eigenvalue weighted by Crippen LogP contribution is 2.56. The zero-order valence-electron chi connectivity index (χ0n) is 34.8. The second-order valence-electron chi connectivity index (χ2n) is 18.4. The van der Waals surface area contributed by atoms with Gasteiger partial charge in [-0.3, -0.25) is 23.7 Å². The molecule has 0 saturated carbocycles. The molecule has 0 aliphatic rings. The van der Waals surface area contributed by atoms with Gasteiger partial charge in [-0.1, -0.05) is 62.3 Å². The van der Waals surface area contributed by atoms with Gasteiger partial charge in [0.2, 0.25) is 0 Å². The average Bonchev–Trinajstić information content (AvgIpc) is 2.99. The fraction of sp³-hybridized carbons (Fsp3) is 0.897. The van der Waals surface area contributed by atoms with Crippen molar-refractivity contribution in [2.24, 2.45) is 33.5 Å². The lowest BCUT2D eigenvalue weighted by molar-refractivity contribution is -0.889. The first kappa shape index (κ1) is 49.3. The van der Waals surface area contributed by atoms with E-state index in [9.17, 15) is 32.1 Å². The molecule has 0 rings (SSSR count). The number of carbonyl (C=O) groups excluding carboxylic acids is 3. The number of carbonyl (C=O) groups is 4. The molecule has 0 heterocycles. The molecule has 0 aromatic heterocycles. The molecule has 5 atom stereocenters. The van der Waals surface area contributed by atoms with E-state index in [1.165, 1.54) is 0 Å². The molecule has 5 unspecified atom stereocenters. The maximum Gasteiger partial charge on any atom is 0.309 e. The Hall–Kier alpha value is -1.73. The van der Waals surface area contributed by atoms with Crippen LogP contribution in [0.25, 0.3) is 0 Å². The van der Waals surface area contributed by atoms with Crippen LogP contribution in [0.3, 0.4) is 0 Å². The number of rotatable bonds is 27. The molecule has 0 aromatic carbocycles. The third kappa shape index (κ3) is 15.6. The molecular weight excluding hydrogens is 673 g/mol. The standard InChI is InChI=1S/C39H74N2O9S/c1-15-37(7,32(42)19-16-23-40(10,11)25-22-35(45)46)30(2)39(9,34(44)21-18-27-50-14)31(3)38(8,29-36(4,5)6)33(43)20-17-24-41(12,13)26-28-51(47,48)49/h30-31H,15-29H2,1-14H3/p+2. The molecule has 0 fully saturated rings. The maximum absolute atomic E-state index is 14.6. The lowest BCUT2D eigenvalue weighted by Gasteiger charge is -2.53. The molecule has 0 radical (unpaired) electrons. The van der Waals surface area contributed by atoms with E-state index in [4.69, 9.17) is 9.84 Å². The number of ether oxygens (including phenoxy) is 1. The third-order valence-corrected chi connectivity index (χ3v) is 12.9. The van der Waals surface area contributed by atoms with E-state index in [1.54, 1.807) is 7.11 Å². The minimum Gasteiger partial charge on any atom is -0.481 e. The van der Waals surface area contributed by atoms with Gasteiger partial charge in [0.25, 0.3) is 10.1 Å². The summed E-state index contributed by atoms with van der Waals surface area (Å²) in [4.78, 5) is 54.6. The quantitative estimate of drug-likeness (QED) is 0.0558. The van der Waals surface area contributed by atoms with E-state index in [0.717, 1.165) is 0 Å². The molecule has 300 valence electrons. The van der Waals surface area contributed by atoms with Gasteiger partial charge in [-0.2, -0.15) is 8.42 Å². The molecule has 2 N–H and O–H groups in total. The Labute approximate surface area is 311 Å². The lowest BCUT2D eigenvalue weighted by Crippen LogP contribution is -2.55. The minimum absolute atomic E-state index is 0.0226. The van der Waals surface area contributed by atoms with E-state index < -0.39 is 44.2 Å². The van der Waals surface area contributed by atoms with Gasteiger partial charge in [0.15, 0.2) is 0 Å². The highest BCUT2D eigenvalue weighted by molar-refractivity contribution is 7.85. The SMILES string of the molecule is CCC(C)(C(=O)CCC[N+](C)(C)CCC(=O)O)C(C)C(C)(C(=O)CCCOC)C(C)C(C)(CC(C)(C)C)C(=O)CCC[N+](C)(C)CCS(=O)(=O)O. The Morgan fingerprint density at radius 1 is 0.686 bits per heavy atom. The van der Waals surface area contributed by atoms with Crippen LogP contribution in [0.4, 0.5) is 0 Å². The van der Waals surface area contributed by atoms with Crippen molar-refractivity contribution in [1.29, 1.82) is 0 Å². The number of hydrogen-bond acceptors (Lipinski definition) is 7. The molecule has 11 nitrogen and oxygen atoms in total. The number of quaternary nitrogens is 2. The predicted molar refractivity (Wildman–Crippen MR) is 204 cm³/mol. The summed E-state index contributed by atoms with van der Waals surface area (Å²) >= 11 is 0. The van der Waals surface area contributed by atoms with Gasteiger partial charge in [-0.15, -0.1) is 0 Å². The minimum atomic E-state index is -4.10. The summed E-state index contributed by atoms with van der Waals surface area (Å²) in [6.07, 6.45) is 3.61. The Morgan fingerprint density at radius 3 is 1.53 bits per heavy atom. The van der Waals surface area contributed by atoms with Gasteiger partial charge in [0, 0.05) is 62.1 Å². The largest absolute Gasteiger partial charge is 0.481 e. The molecule has 0 aromatic rings. The summed E-state index contributed by atoms with van der Waals surface area (Å²) in [6, 6.07) is 0. The number of carboxylic acids is 1. The number of nitrogens with zero attached hydrogens (tertiary/aromatic N) is 2. The summed E-state index contributed by atoms with van der Waals surface area (Å²) in [5.41, 5.74) is -3.04. The molecule has 0 saturated heterocycles. The Bertz CT molecular complexity index is 1270. The molecule has 0 spiro atoms. The van der Waals surface area contributed by atoms with Gasteiger partial charge in [-0.25, -0.2) is 0 Å². The Balaban J connectivity index is 6.73. The third-order valence-electron chi connectivity index (χ3n) is 12.2. The number of aliphatic carboxylic acids is 1. The molecular formula is C39H76N2O9S+2. The highest BCUT2D eigenvalue weighted by atomic mass is 32.2. The second kappa shape index (κ2) is 19.6. The fourth-order valence-corrected chi connectivity index (χ4v) is 8.78. The monoisotopic (exact) mass is 749 g/mol. The second-order valence-corrected chi connectivity index (χ2v) is 20.0. The lowest BCUT2D eigenvalue weighted by atomic mass is 9.48. The predicted octanol–water partition coefficient (Wildman–Crippen LogP) is 6.33. The van der Waals surface area contributed by atoms with Crippen molar-refractivity contribution in [3.05, 3.63) is 0 Å². The van der Waals surface area contributed by atoms with Crippen LogP contribution in [0, 0.1) is 33.5 Å². The molecule has 12 heteroatoms. The summed E-state index contributed by atoms with van der Waals surface area (Å²) in [6.45, 7) is 20.5. The van der Waals surface area contributed by atoms with E-state index in [0.29, 0.717) is 73.7 Å². The zero-order valence-corrected chi connectivity index (χ0v) is 35.6. The van der Waals surface area contributed by atoms with Crippen LogP contribution < -0.4 is 0 Å². The van der Waals surface area contributed by atoms with E-state index in [1.807, 2.05) is 69.7 Å². The smallest absolute Gasteiger partial charge is 0.309 e. The van der Waals surface area contributed by atoms with Crippen molar-refractivity contribution in [2.45, 2.75) is 120 Å². The Kier molecular flexibility index (Phi) is 18.9. The van der Waals surface area contributed by atoms with Gasteiger partial charge in [0.1, 0.15) is 23.1 Å². The zero-order chi connectivity index (χ0) is 40.3. The van der Waals surface area contributed by atoms with Crippen molar-refractivity contribution >= 4 is 33.4 Å². The summed E-state index contributed by atoms with van der Waals surface area (Å²) < 4.78 is 38.1. The van der Waals surface area contributed by atoms with Gasteiger partial charge in [-0.05, 0) is 36.5 Å². The number of methoxy groups -OCH3 is 1. The van der Waals surface area contributed by atoms with Crippen LogP contribution in [-0.2, 0) is 34.0 Å². The Morgan fingerprint density at radius 2 is 1.12 bits per heavy atom. The van der Waals surface area contributed by atoms with Crippen molar-refractivity contribution in [1.82, 2.24) is 0 Å². The van der Waals surface area contributed by atoms with Crippen LogP contribution in [-0.4, -0.2) is 124 Å².